The van der Waals surface area contributed by atoms with E-state index in [2.05, 4.69) is 36.7 Å². The lowest BCUT2D eigenvalue weighted by Crippen LogP contribution is -2.25. The van der Waals surface area contributed by atoms with Crippen LogP contribution in [0.25, 0.3) is 0 Å². The largest absolute Gasteiger partial charge is 0.396 e. The van der Waals surface area contributed by atoms with Gasteiger partial charge < -0.3 is 10.4 Å². The lowest BCUT2D eigenvalue weighted by atomic mass is 9.89. The van der Waals surface area contributed by atoms with Gasteiger partial charge in [0.1, 0.15) is 0 Å². The molecule has 102 valence electrons. The Morgan fingerprint density at radius 2 is 2.28 bits per heavy atom. The van der Waals surface area contributed by atoms with Crippen LogP contribution in [0.5, 0.6) is 0 Å². The third kappa shape index (κ3) is 4.08. The second kappa shape index (κ2) is 6.18. The number of aliphatic hydroxyl groups excluding tert-OH is 1. The summed E-state index contributed by atoms with van der Waals surface area (Å²) >= 11 is 1.86. The van der Waals surface area contributed by atoms with Crippen molar-refractivity contribution >= 4 is 11.3 Å². The molecule has 0 aliphatic heterocycles. The minimum absolute atomic E-state index is 0.0691. The van der Waals surface area contributed by atoms with E-state index in [0.29, 0.717) is 6.04 Å². The van der Waals surface area contributed by atoms with Crippen molar-refractivity contribution in [3.05, 3.63) is 22.4 Å². The number of hydrogen-bond donors (Lipinski definition) is 2. The van der Waals surface area contributed by atoms with E-state index in [1.807, 2.05) is 11.3 Å². The minimum atomic E-state index is 0.0691. The van der Waals surface area contributed by atoms with Crippen LogP contribution in [0, 0.1) is 11.3 Å². The summed E-state index contributed by atoms with van der Waals surface area (Å²) in [5, 5.41) is 15.1. The molecule has 0 spiro atoms. The van der Waals surface area contributed by atoms with Crippen LogP contribution in [-0.4, -0.2) is 18.3 Å². The fourth-order valence-electron chi connectivity index (χ4n) is 2.30. The number of aliphatic hydroxyl groups is 1. The molecule has 1 fully saturated rings. The molecule has 2 nitrogen and oxygen atoms in total. The maximum Gasteiger partial charge on any atom is 0.0482 e. The molecular formula is C15H25NOS. The quantitative estimate of drug-likeness (QED) is 0.706. The second-order valence-electron chi connectivity index (χ2n) is 6.21. The van der Waals surface area contributed by atoms with Gasteiger partial charge in [0.15, 0.2) is 0 Å². The number of nitrogens with one attached hydrogen (secondary N) is 1. The monoisotopic (exact) mass is 267 g/mol. The van der Waals surface area contributed by atoms with E-state index in [1.54, 1.807) is 0 Å². The Morgan fingerprint density at radius 3 is 2.83 bits per heavy atom. The zero-order chi connectivity index (χ0) is 13.0. The summed E-state index contributed by atoms with van der Waals surface area (Å²) < 4.78 is 0. The van der Waals surface area contributed by atoms with Crippen molar-refractivity contribution in [3.63, 3.8) is 0 Å². The van der Waals surface area contributed by atoms with Gasteiger partial charge >= 0.3 is 0 Å². The third-order valence-corrected chi connectivity index (χ3v) is 4.72. The summed E-state index contributed by atoms with van der Waals surface area (Å²) in [6, 6.07) is 4.96. The first-order valence-corrected chi connectivity index (χ1v) is 7.88. The molecule has 1 atom stereocenters. The average molecular weight is 267 g/mol. The highest BCUT2D eigenvalue weighted by atomic mass is 32.1. The Balaban J connectivity index is 1.74. The molecule has 0 saturated heterocycles. The Bertz CT molecular complexity index is 343. The number of rotatable bonds is 8. The molecule has 1 aromatic rings. The molecular weight excluding hydrogens is 242 g/mol. The highest BCUT2D eigenvalue weighted by molar-refractivity contribution is 7.10. The molecule has 1 unspecified atom stereocenters. The van der Waals surface area contributed by atoms with Gasteiger partial charge in [-0.2, -0.15) is 0 Å². The Hall–Kier alpha value is -0.380. The van der Waals surface area contributed by atoms with Crippen molar-refractivity contribution in [3.8, 4) is 0 Å². The second-order valence-corrected chi connectivity index (χ2v) is 7.19. The first kappa shape index (κ1) is 14.0. The SMILES string of the molecule is CC(C)(CO)CCCNC(c1cccs1)C1CC1. The van der Waals surface area contributed by atoms with Gasteiger partial charge in [0.2, 0.25) is 0 Å². The van der Waals surface area contributed by atoms with Crippen LogP contribution in [0.3, 0.4) is 0 Å². The van der Waals surface area contributed by atoms with Crippen LogP contribution < -0.4 is 5.32 Å². The Kier molecular flexibility index (Phi) is 4.82. The van der Waals surface area contributed by atoms with Gasteiger partial charge in [-0.25, -0.2) is 0 Å². The summed E-state index contributed by atoms with van der Waals surface area (Å²) in [7, 11) is 0. The lowest BCUT2D eigenvalue weighted by Gasteiger charge is -2.22. The van der Waals surface area contributed by atoms with Crippen LogP contribution in [0.4, 0.5) is 0 Å². The highest BCUT2D eigenvalue weighted by Crippen LogP contribution is 2.42. The van der Waals surface area contributed by atoms with Gasteiger partial charge in [-0.3, -0.25) is 0 Å². The van der Waals surface area contributed by atoms with E-state index in [-0.39, 0.29) is 12.0 Å². The standard InChI is InChI=1S/C15H25NOS/c1-15(2,11-17)8-4-9-16-14(12-6-7-12)13-5-3-10-18-13/h3,5,10,12,14,16-17H,4,6-9,11H2,1-2H3. The molecule has 2 N–H and O–H groups in total. The molecule has 0 bridgehead atoms. The Morgan fingerprint density at radius 1 is 1.50 bits per heavy atom. The van der Waals surface area contributed by atoms with Gasteiger partial charge in [0.25, 0.3) is 0 Å². The summed E-state index contributed by atoms with van der Waals surface area (Å²) in [5.41, 5.74) is 0.0691. The van der Waals surface area contributed by atoms with E-state index in [4.69, 9.17) is 0 Å². The van der Waals surface area contributed by atoms with E-state index in [9.17, 15) is 5.11 Å². The predicted octanol–water partition coefficient (Wildman–Crippen LogP) is 3.59. The van der Waals surface area contributed by atoms with E-state index < -0.39 is 0 Å². The molecule has 3 heteroatoms. The van der Waals surface area contributed by atoms with Crippen molar-refractivity contribution in [1.29, 1.82) is 0 Å². The predicted molar refractivity (Wildman–Crippen MR) is 77.9 cm³/mol. The van der Waals surface area contributed by atoms with Gasteiger partial charge in [-0.15, -0.1) is 11.3 Å². The highest BCUT2D eigenvalue weighted by Gasteiger charge is 2.32. The molecule has 18 heavy (non-hydrogen) atoms. The zero-order valence-electron chi connectivity index (χ0n) is 11.5. The first-order valence-electron chi connectivity index (χ1n) is 7.00. The van der Waals surface area contributed by atoms with Gasteiger partial charge in [-0.1, -0.05) is 19.9 Å². The molecule has 2 rings (SSSR count). The third-order valence-electron chi connectivity index (χ3n) is 3.77. The molecule has 0 amide bonds. The zero-order valence-corrected chi connectivity index (χ0v) is 12.3. The molecule has 1 saturated carbocycles. The molecule has 1 aliphatic carbocycles. The maximum atomic E-state index is 9.23. The van der Waals surface area contributed by atoms with E-state index in [0.717, 1.165) is 25.3 Å². The fourth-order valence-corrected chi connectivity index (χ4v) is 3.19. The smallest absolute Gasteiger partial charge is 0.0482 e. The first-order chi connectivity index (χ1) is 8.62. The van der Waals surface area contributed by atoms with E-state index >= 15 is 0 Å². The van der Waals surface area contributed by atoms with Crippen molar-refractivity contribution in [2.75, 3.05) is 13.2 Å². The minimum Gasteiger partial charge on any atom is -0.396 e. The number of hydrogen-bond acceptors (Lipinski definition) is 3. The average Bonchev–Trinajstić information content (AvgIpc) is 3.04. The van der Waals surface area contributed by atoms with Crippen molar-refractivity contribution in [2.45, 2.75) is 45.6 Å². The van der Waals surface area contributed by atoms with Crippen molar-refractivity contribution < 1.29 is 5.11 Å². The maximum absolute atomic E-state index is 9.23. The normalized spacial score (nSPS) is 17.9. The molecule has 0 aromatic carbocycles. The van der Waals surface area contributed by atoms with Crippen LogP contribution in [0.2, 0.25) is 0 Å². The van der Waals surface area contributed by atoms with Crippen LogP contribution in [0.15, 0.2) is 17.5 Å². The van der Waals surface area contributed by atoms with Gasteiger partial charge in [0, 0.05) is 17.5 Å². The summed E-state index contributed by atoms with van der Waals surface area (Å²) in [6.07, 6.45) is 4.97. The van der Waals surface area contributed by atoms with E-state index in [1.165, 1.54) is 17.7 Å². The molecule has 1 heterocycles. The molecule has 1 aromatic heterocycles. The fraction of sp³-hybridized carbons (Fsp3) is 0.733. The van der Waals surface area contributed by atoms with Crippen molar-refractivity contribution in [2.24, 2.45) is 11.3 Å². The topological polar surface area (TPSA) is 32.3 Å². The molecule has 1 aliphatic rings. The van der Waals surface area contributed by atoms with Crippen LogP contribution >= 0.6 is 11.3 Å². The number of thiophene rings is 1. The summed E-state index contributed by atoms with van der Waals surface area (Å²) in [5.74, 6) is 0.856. The Labute approximate surface area is 114 Å². The van der Waals surface area contributed by atoms with Crippen LogP contribution in [0.1, 0.15) is 50.4 Å². The van der Waals surface area contributed by atoms with Crippen molar-refractivity contribution in [1.82, 2.24) is 5.32 Å². The lowest BCUT2D eigenvalue weighted by molar-refractivity contribution is 0.147. The van der Waals surface area contributed by atoms with Crippen LogP contribution in [-0.2, 0) is 0 Å². The van der Waals surface area contributed by atoms with Gasteiger partial charge in [0.05, 0.1) is 0 Å². The summed E-state index contributed by atoms with van der Waals surface area (Å²) in [4.78, 5) is 1.49. The summed E-state index contributed by atoms with van der Waals surface area (Å²) in [6.45, 7) is 5.60. The van der Waals surface area contributed by atoms with Gasteiger partial charge in [-0.05, 0) is 55.0 Å². The molecule has 0 radical (unpaired) electrons.